The highest BCUT2D eigenvalue weighted by Crippen LogP contribution is 2.37. The fourth-order valence-corrected chi connectivity index (χ4v) is 4.19. The molecule has 2 aliphatic carbocycles. The molecule has 0 radical (unpaired) electrons. The Morgan fingerprint density at radius 3 is 2.52 bits per heavy atom. The first-order valence-corrected chi connectivity index (χ1v) is 9.51. The predicted octanol–water partition coefficient (Wildman–Crippen LogP) is 2.38. The molecule has 2 fully saturated rings. The summed E-state index contributed by atoms with van der Waals surface area (Å²) in [6.45, 7) is 5.90. The topological polar surface area (TPSA) is 76.0 Å². The molecule has 2 amide bonds. The summed E-state index contributed by atoms with van der Waals surface area (Å²) in [5.74, 6) is 0.438. The highest BCUT2D eigenvalue weighted by Gasteiger charge is 2.46. The van der Waals surface area contributed by atoms with E-state index in [-0.39, 0.29) is 11.8 Å². The van der Waals surface area contributed by atoms with Crippen molar-refractivity contribution in [2.75, 3.05) is 0 Å². The van der Waals surface area contributed by atoms with E-state index in [0.29, 0.717) is 36.1 Å². The first kappa shape index (κ1) is 18.0. The third-order valence-electron chi connectivity index (χ3n) is 5.88. The number of nitrogens with one attached hydrogen (secondary N) is 2. The second-order valence-electron chi connectivity index (χ2n) is 7.78. The maximum atomic E-state index is 13.0. The summed E-state index contributed by atoms with van der Waals surface area (Å²) in [4.78, 5) is 25.9. The lowest BCUT2D eigenvalue weighted by Crippen LogP contribution is -2.57. The van der Waals surface area contributed by atoms with Crippen molar-refractivity contribution in [2.45, 2.75) is 77.3 Å². The Kier molecular flexibility index (Phi) is 4.89. The molecule has 0 bridgehead atoms. The van der Waals surface area contributed by atoms with E-state index in [1.54, 1.807) is 4.68 Å². The van der Waals surface area contributed by atoms with Crippen molar-refractivity contribution >= 4 is 11.8 Å². The van der Waals surface area contributed by atoms with E-state index >= 15 is 0 Å². The third kappa shape index (κ3) is 3.44. The van der Waals surface area contributed by atoms with Gasteiger partial charge in [0, 0.05) is 18.8 Å². The minimum absolute atomic E-state index is 0.00106. The SMILES string of the molecule is CCC[C@H]1C[C@@H]1NC(=O)C1(NC(=O)c2c(C)nn(C)c2C)CCCC1. The third-order valence-corrected chi connectivity index (χ3v) is 5.88. The van der Waals surface area contributed by atoms with E-state index in [9.17, 15) is 9.59 Å². The molecule has 138 valence electrons. The van der Waals surface area contributed by atoms with Gasteiger partial charge in [-0.25, -0.2) is 0 Å². The van der Waals surface area contributed by atoms with Crippen LogP contribution in [0.1, 0.15) is 73.6 Å². The van der Waals surface area contributed by atoms with Crippen LogP contribution in [0.15, 0.2) is 0 Å². The van der Waals surface area contributed by atoms with Crippen LogP contribution in [0, 0.1) is 19.8 Å². The fourth-order valence-electron chi connectivity index (χ4n) is 4.19. The van der Waals surface area contributed by atoms with E-state index < -0.39 is 5.54 Å². The van der Waals surface area contributed by atoms with Crippen LogP contribution in [0.2, 0.25) is 0 Å². The standard InChI is InChI=1S/C19H30N4O2/c1-5-8-14-11-15(14)20-18(25)19(9-6-7-10-19)21-17(24)16-12(2)22-23(4)13(16)3/h14-15H,5-11H2,1-4H3,(H,20,25)(H,21,24)/t14-,15-/m0/s1. The Morgan fingerprint density at radius 1 is 1.28 bits per heavy atom. The molecule has 0 aliphatic heterocycles. The van der Waals surface area contributed by atoms with Gasteiger partial charge in [-0.15, -0.1) is 0 Å². The number of nitrogens with zero attached hydrogens (tertiary/aromatic N) is 2. The molecule has 3 rings (SSSR count). The van der Waals surface area contributed by atoms with E-state index in [1.165, 1.54) is 6.42 Å². The van der Waals surface area contributed by atoms with Crippen molar-refractivity contribution in [1.82, 2.24) is 20.4 Å². The monoisotopic (exact) mass is 346 g/mol. The second-order valence-corrected chi connectivity index (χ2v) is 7.78. The number of amides is 2. The molecule has 6 heteroatoms. The Balaban J connectivity index is 1.72. The maximum Gasteiger partial charge on any atom is 0.255 e. The Hall–Kier alpha value is -1.85. The highest BCUT2D eigenvalue weighted by molar-refractivity contribution is 6.01. The molecule has 1 aromatic rings. The Bertz CT molecular complexity index is 673. The molecule has 2 atom stereocenters. The van der Waals surface area contributed by atoms with Crippen molar-refractivity contribution in [3.8, 4) is 0 Å². The fraction of sp³-hybridized carbons (Fsp3) is 0.737. The van der Waals surface area contributed by atoms with E-state index in [4.69, 9.17) is 0 Å². The van der Waals surface area contributed by atoms with Crippen LogP contribution in [-0.4, -0.2) is 33.2 Å². The molecule has 0 spiro atoms. The summed E-state index contributed by atoms with van der Waals surface area (Å²) in [5, 5.41) is 10.6. The minimum atomic E-state index is -0.759. The zero-order chi connectivity index (χ0) is 18.2. The van der Waals surface area contributed by atoms with Crippen molar-refractivity contribution in [3.05, 3.63) is 17.0 Å². The first-order valence-electron chi connectivity index (χ1n) is 9.51. The van der Waals surface area contributed by atoms with Crippen LogP contribution in [-0.2, 0) is 11.8 Å². The summed E-state index contributed by atoms with van der Waals surface area (Å²) in [5.41, 5.74) is 1.37. The van der Waals surface area contributed by atoms with Crippen LogP contribution >= 0.6 is 0 Å². The largest absolute Gasteiger partial charge is 0.351 e. The van der Waals surface area contributed by atoms with Gasteiger partial charge in [0.2, 0.25) is 5.91 Å². The van der Waals surface area contributed by atoms with Crippen LogP contribution in [0.3, 0.4) is 0 Å². The minimum Gasteiger partial charge on any atom is -0.351 e. The van der Waals surface area contributed by atoms with Gasteiger partial charge in [-0.1, -0.05) is 26.2 Å². The number of hydrogen-bond donors (Lipinski definition) is 2. The molecule has 0 unspecified atom stereocenters. The Labute approximate surface area is 149 Å². The molecule has 6 nitrogen and oxygen atoms in total. The molecule has 0 saturated heterocycles. The molecule has 2 N–H and O–H groups in total. The van der Waals surface area contributed by atoms with Crippen LogP contribution in [0.4, 0.5) is 0 Å². The van der Waals surface area contributed by atoms with Gasteiger partial charge in [-0.05, 0) is 45.4 Å². The molecular formula is C19H30N4O2. The summed E-state index contributed by atoms with van der Waals surface area (Å²) in [6.07, 6.45) is 6.77. The zero-order valence-electron chi connectivity index (χ0n) is 15.8. The van der Waals surface area contributed by atoms with E-state index in [1.807, 2.05) is 20.9 Å². The van der Waals surface area contributed by atoms with Gasteiger partial charge in [0.1, 0.15) is 5.54 Å². The molecule has 25 heavy (non-hydrogen) atoms. The summed E-state index contributed by atoms with van der Waals surface area (Å²) in [6, 6.07) is 0.295. The number of carbonyl (C=O) groups excluding carboxylic acids is 2. The zero-order valence-corrected chi connectivity index (χ0v) is 15.8. The average Bonchev–Trinajstić information content (AvgIpc) is 2.99. The van der Waals surface area contributed by atoms with Gasteiger partial charge in [-0.3, -0.25) is 14.3 Å². The van der Waals surface area contributed by atoms with Gasteiger partial charge in [0.05, 0.1) is 11.3 Å². The smallest absolute Gasteiger partial charge is 0.255 e. The van der Waals surface area contributed by atoms with Crippen molar-refractivity contribution < 1.29 is 9.59 Å². The number of carbonyl (C=O) groups is 2. The van der Waals surface area contributed by atoms with Gasteiger partial charge < -0.3 is 10.6 Å². The van der Waals surface area contributed by atoms with Gasteiger partial charge in [-0.2, -0.15) is 5.10 Å². The van der Waals surface area contributed by atoms with E-state index in [0.717, 1.165) is 31.4 Å². The van der Waals surface area contributed by atoms with Gasteiger partial charge in [0.15, 0.2) is 0 Å². The van der Waals surface area contributed by atoms with Crippen molar-refractivity contribution in [3.63, 3.8) is 0 Å². The lowest BCUT2D eigenvalue weighted by molar-refractivity contribution is -0.127. The molecule has 2 aliphatic rings. The number of aromatic nitrogens is 2. The van der Waals surface area contributed by atoms with Crippen LogP contribution in [0.5, 0.6) is 0 Å². The van der Waals surface area contributed by atoms with Gasteiger partial charge in [0.25, 0.3) is 5.91 Å². The lowest BCUT2D eigenvalue weighted by atomic mass is 9.95. The summed E-state index contributed by atoms with van der Waals surface area (Å²) < 4.78 is 1.71. The van der Waals surface area contributed by atoms with Crippen LogP contribution in [0.25, 0.3) is 0 Å². The first-order chi connectivity index (χ1) is 11.9. The molecular weight excluding hydrogens is 316 g/mol. The number of aryl methyl sites for hydroxylation is 2. The normalized spacial score (nSPS) is 24.2. The molecule has 1 heterocycles. The molecule has 1 aromatic heterocycles. The quantitative estimate of drug-likeness (QED) is 0.830. The van der Waals surface area contributed by atoms with Crippen LogP contribution < -0.4 is 10.6 Å². The van der Waals surface area contributed by atoms with Crippen molar-refractivity contribution in [2.24, 2.45) is 13.0 Å². The van der Waals surface area contributed by atoms with Crippen molar-refractivity contribution in [1.29, 1.82) is 0 Å². The molecule has 0 aromatic carbocycles. The number of hydrogen-bond acceptors (Lipinski definition) is 3. The average molecular weight is 346 g/mol. The maximum absolute atomic E-state index is 13.0. The number of rotatable bonds is 6. The highest BCUT2D eigenvalue weighted by atomic mass is 16.2. The molecule has 2 saturated carbocycles. The predicted molar refractivity (Wildman–Crippen MR) is 96.3 cm³/mol. The Morgan fingerprint density at radius 2 is 1.96 bits per heavy atom. The summed E-state index contributed by atoms with van der Waals surface area (Å²) in [7, 11) is 1.83. The van der Waals surface area contributed by atoms with E-state index in [2.05, 4.69) is 22.7 Å². The second kappa shape index (κ2) is 6.81. The summed E-state index contributed by atoms with van der Waals surface area (Å²) >= 11 is 0. The lowest BCUT2D eigenvalue weighted by Gasteiger charge is -2.29. The van der Waals surface area contributed by atoms with Gasteiger partial charge >= 0.3 is 0 Å².